The number of para-hydroxylation sites is 1. The molecule has 0 spiro atoms. The molecule has 3 heterocycles. The maximum Gasteiger partial charge on any atom is 0.270 e. The molecule has 2 aliphatic rings. The number of hydrogen-bond acceptors (Lipinski definition) is 5. The summed E-state index contributed by atoms with van der Waals surface area (Å²) in [4.78, 5) is 32.2. The average molecular weight is 507 g/mol. The number of rotatable bonds is 6. The molecule has 9 heteroatoms. The number of likely N-dealkylation sites (tertiary alicyclic amines) is 1. The number of ether oxygens (including phenoxy) is 1. The molecule has 2 aromatic carbocycles. The number of carbonyl (C=O) groups is 2. The molecule has 0 radical (unpaired) electrons. The number of aromatic nitrogens is 1. The Balaban J connectivity index is 1.36. The Morgan fingerprint density at radius 2 is 1.97 bits per heavy atom. The number of piperidine rings is 1. The lowest BCUT2D eigenvalue weighted by molar-refractivity contribution is -0.124. The number of aromatic amines is 1. The Hall–Kier alpha value is -3.53. The van der Waals surface area contributed by atoms with Gasteiger partial charge in [0.05, 0.1) is 13.2 Å². The van der Waals surface area contributed by atoms with Crippen LogP contribution in [-0.2, 0) is 16.1 Å². The second-order valence-electron chi connectivity index (χ2n) is 9.60. The number of morpholine rings is 1. The molecule has 0 saturated carbocycles. The number of carbonyl (C=O) groups excluding carboxylic acids is 2. The summed E-state index contributed by atoms with van der Waals surface area (Å²) in [6, 6.07) is 12.9. The fourth-order valence-corrected chi connectivity index (χ4v) is 5.36. The van der Waals surface area contributed by atoms with Crippen LogP contribution in [0, 0.1) is 5.82 Å². The van der Waals surface area contributed by atoms with Crippen LogP contribution in [0.2, 0.25) is 0 Å². The van der Waals surface area contributed by atoms with Gasteiger partial charge in [-0.25, -0.2) is 9.87 Å². The maximum atomic E-state index is 14.9. The third-order valence-electron chi connectivity index (χ3n) is 7.18. The molecule has 2 aliphatic heterocycles. The minimum Gasteiger partial charge on any atom is -0.378 e. The van der Waals surface area contributed by atoms with E-state index in [1.807, 2.05) is 23.1 Å². The number of amides is 2. The van der Waals surface area contributed by atoms with Crippen molar-refractivity contribution in [3.05, 3.63) is 76.7 Å². The van der Waals surface area contributed by atoms with Crippen molar-refractivity contribution in [3.63, 3.8) is 0 Å². The zero-order valence-electron chi connectivity index (χ0n) is 20.6. The molecule has 8 nitrogen and oxygen atoms in total. The Bertz CT molecular complexity index is 1310. The number of hydrogen-bond donors (Lipinski definition) is 3. The largest absolute Gasteiger partial charge is 0.378 e. The van der Waals surface area contributed by atoms with Crippen molar-refractivity contribution in [2.24, 2.45) is 0 Å². The first-order valence-electron chi connectivity index (χ1n) is 12.6. The van der Waals surface area contributed by atoms with Crippen LogP contribution >= 0.6 is 0 Å². The van der Waals surface area contributed by atoms with Crippen LogP contribution in [0.15, 0.2) is 48.5 Å². The Kier molecular flexibility index (Phi) is 7.64. The lowest BCUT2D eigenvalue weighted by Gasteiger charge is -2.34. The predicted molar refractivity (Wildman–Crippen MR) is 138 cm³/mol. The topological polar surface area (TPSA) is 97.9 Å². The van der Waals surface area contributed by atoms with Crippen LogP contribution in [0.1, 0.15) is 45.9 Å². The lowest BCUT2D eigenvalue weighted by atomic mass is 9.88. The van der Waals surface area contributed by atoms with Crippen molar-refractivity contribution in [3.8, 4) is 0 Å². The van der Waals surface area contributed by atoms with Gasteiger partial charge in [0.1, 0.15) is 11.5 Å². The first-order chi connectivity index (χ1) is 18.0. The fraction of sp³-hybridized carbons (Fsp3) is 0.357. The second kappa shape index (κ2) is 11.2. The summed E-state index contributed by atoms with van der Waals surface area (Å²) in [6.45, 7) is 4.30. The summed E-state index contributed by atoms with van der Waals surface area (Å²) in [6.07, 6.45) is 4.50. The van der Waals surface area contributed by atoms with Crippen molar-refractivity contribution >= 4 is 28.8 Å². The molecule has 1 aromatic heterocycles. The van der Waals surface area contributed by atoms with E-state index in [4.69, 9.17) is 9.94 Å². The predicted octanol–water partition coefficient (Wildman–Crippen LogP) is 3.68. The number of halogens is 1. The lowest BCUT2D eigenvalue weighted by Crippen LogP contribution is -2.41. The summed E-state index contributed by atoms with van der Waals surface area (Å²) >= 11 is 0. The first-order valence-corrected chi connectivity index (χ1v) is 12.6. The fourth-order valence-electron chi connectivity index (χ4n) is 5.36. The number of fused-ring (bicyclic) bond motifs is 1. The minimum atomic E-state index is -0.674. The second-order valence-corrected chi connectivity index (χ2v) is 9.60. The normalized spacial score (nSPS) is 19.0. The van der Waals surface area contributed by atoms with E-state index in [9.17, 15) is 14.0 Å². The van der Waals surface area contributed by atoms with Gasteiger partial charge in [-0.3, -0.25) is 19.7 Å². The minimum absolute atomic E-state index is 0.0104. The molecular formula is C28H31FN4O4. The molecule has 1 unspecified atom stereocenters. The first kappa shape index (κ1) is 25.1. The van der Waals surface area contributed by atoms with E-state index in [1.54, 1.807) is 12.1 Å². The number of hydroxylamine groups is 1. The number of nitrogens with one attached hydrogen (secondary N) is 2. The average Bonchev–Trinajstić information content (AvgIpc) is 3.33. The molecule has 2 amide bonds. The van der Waals surface area contributed by atoms with E-state index < -0.39 is 5.91 Å². The van der Waals surface area contributed by atoms with Gasteiger partial charge < -0.3 is 14.6 Å². The Morgan fingerprint density at radius 1 is 1.16 bits per heavy atom. The van der Waals surface area contributed by atoms with Gasteiger partial charge in [-0.05, 0) is 54.6 Å². The molecule has 2 fully saturated rings. The molecule has 37 heavy (non-hydrogen) atoms. The van der Waals surface area contributed by atoms with E-state index in [0.717, 1.165) is 48.5 Å². The van der Waals surface area contributed by atoms with E-state index in [0.29, 0.717) is 49.7 Å². The zero-order valence-corrected chi connectivity index (χ0v) is 20.6. The molecule has 2 saturated heterocycles. The standard InChI is InChI=1S/C28H31FN4O4/c29-23-16-19(8-10-25(34)31-36)7-9-20(23)17-32-11-3-4-21(18-32)26-22-5-1-2-6-24(22)30-27(26)28(35)33-12-14-37-15-13-33/h1-2,5-10,16,21,30,36H,3-4,11-15,17-18H2,(H,31,34). The van der Waals surface area contributed by atoms with Crippen molar-refractivity contribution < 1.29 is 23.9 Å². The number of H-pyrrole nitrogens is 1. The molecular weight excluding hydrogens is 475 g/mol. The van der Waals surface area contributed by atoms with Gasteiger partial charge in [0.2, 0.25) is 0 Å². The third kappa shape index (κ3) is 5.58. The third-order valence-corrected chi connectivity index (χ3v) is 7.18. The summed E-state index contributed by atoms with van der Waals surface area (Å²) in [5.74, 6) is -0.861. The van der Waals surface area contributed by atoms with Crippen LogP contribution < -0.4 is 5.48 Å². The van der Waals surface area contributed by atoms with Gasteiger partial charge in [-0.2, -0.15) is 0 Å². The molecule has 0 aliphatic carbocycles. The van der Waals surface area contributed by atoms with Gasteiger partial charge in [-0.15, -0.1) is 0 Å². The number of benzene rings is 2. The molecule has 5 rings (SSSR count). The van der Waals surface area contributed by atoms with E-state index in [1.165, 1.54) is 17.6 Å². The Morgan fingerprint density at radius 3 is 2.76 bits per heavy atom. The van der Waals surface area contributed by atoms with Crippen molar-refractivity contribution in [1.82, 2.24) is 20.3 Å². The van der Waals surface area contributed by atoms with Gasteiger partial charge in [-0.1, -0.05) is 30.3 Å². The monoisotopic (exact) mass is 506 g/mol. The van der Waals surface area contributed by atoms with Gasteiger partial charge in [0, 0.05) is 48.7 Å². The molecule has 3 N–H and O–H groups in total. The molecule has 194 valence electrons. The van der Waals surface area contributed by atoms with E-state index in [2.05, 4.69) is 16.0 Å². The summed E-state index contributed by atoms with van der Waals surface area (Å²) in [5.41, 5.74) is 5.29. The highest BCUT2D eigenvalue weighted by Gasteiger charge is 2.31. The van der Waals surface area contributed by atoms with Crippen molar-refractivity contribution in [1.29, 1.82) is 0 Å². The molecule has 0 bridgehead atoms. The van der Waals surface area contributed by atoms with Gasteiger partial charge in [0.15, 0.2) is 0 Å². The SMILES string of the molecule is O=C(C=Cc1ccc(CN2CCCC(c3c(C(=O)N4CCOCC4)[nH]c4ccccc34)C2)c(F)c1)NO. The van der Waals surface area contributed by atoms with Crippen LogP contribution in [0.25, 0.3) is 17.0 Å². The summed E-state index contributed by atoms with van der Waals surface area (Å²) < 4.78 is 20.3. The van der Waals surface area contributed by atoms with Crippen LogP contribution in [-0.4, -0.2) is 71.2 Å². The maximum absolute atomic E-state index is 14.9. The highest BCUT2D eigenvalue weighted by molar-refractivity contribution is 6.01. The summed E-state index contributed by atoms with van der Waals surface area (Å²) in [7, 11) is 0. The van der Waals surface area contributed by atoms with Gasteiger partial charge >= 0.3 is 0 Å². The van der Waals surface area contributed by atoms with E-state index >= 15 is 0 Å². The van der Waals surface area contributed by atoms with Crippen molar-refractivity contribution in [2.45, 2.75) is 25.3 Å². The van der Waals surface area contributed by atoms with Crippen molar-refractivity contribution in [2.75, 3.05) is 39.4 Å². The van der Waals surface area contributed by atoms with Crippen LogP contribution in [0.4, 0.5) is 4.39 Å². The molecule has 1 atom stereocenters. The highest BCUT2D eigenvalue weighted by Crippen LogP contribution is 2.36. The quantitative estimate of drug-likeness (QED) is 0.269. The van der Waals surface area contributed by atoms with Crippen LogP contribution in [0.5, 0.6) is 0 Å². The highest BCUT2D eigenvalue weighted by atomic mass is 19.1. The zero-order chi connectivity index (χ0) is 25.8. The molecule has 3 aromatic rings. The number of nitrogens with zero attached hydrogens (tertiary/aromatic N) is 2. The van der Waals surface area contributed by atoms with Crippen LogP contribution in [0.3, 0.4) is 0 Å². The van der Waals surface area contributed by atoms with E-state index in [-0.39, 0.29) is 17.6 Å². The van der Waals surface area contributed by atoms with Gasteiger partial charge in [0.25, 0.3) is 11.8 Å². The summed E-state index contributed by atoms with van der Waals surface area (Å²) in [5, 5.41) is 9.67. The smallest absolute Gasteiger partial charge is 0.270 e. The Labute approximate surface area is 214 Å².